The van der Waals surface area contributed by atoms with E-state index in [0.717, 1.165) is 4.90 Å². The molecule has 5 nitrogen and oxygen atoms in total. The summed E-state index contributed by atoms with van der Waals surface area (Å²) >= 11 is 2.61. The summed E-state index contributed by atoms with van der Waals surface area (Å²) in [6, 6.07) is 12.2. The van der Waals surface area contributed by atoms with Crippen molar-refractivity contribution in [1.82, 2.24) is 0 Å². The number of carbonyl (C=O) groups excluding carboxylic acids is 1. The number of hydrogen-bond donors (Lipinski definition) is 1. The number of nitro benzene ring substituents is 1. The van der Waals surface area contributed by atoms with Gasteiger partial charge in [0.2, 0.25) is 5.78 Å². The van der Waals surface area contributed by atoms with Crippen molar-refractivity contribution < 1.29 is 14.8 Å². The molecule has 0 unspecified atom stereocenters. The molecule has 7 heteroatoms. The molecule has 0 amide bonds. The Hall–Kier alpha value is -2.09. The highest BCUT2D eigenvalue weighted by molar-refractivity contribution is 8.04. The summed E-state index contributed by atoms with van der Waals surface area (Å²) in [5.41, 5.74) is 1.26. The topological polar surface area (TPSA) is 80.4 Å². The van der Waals surface area contributed by atoms with Crippen LogP contribution in [-0.4, -0.2) is 28.2 Å². The second-order valence-electron chi connectivity index (χ2n) is 4.99. The van der Waals surface area contributed by atoms with Crippen molar-refractivity contribution in [3.05, 3.63) is 68.6 Å². The Bertz CT molecular complexity index is 848. The van der Waals surface area contributed by atoms with Crippen LogP contribution in [0.1, 0.15) is 15.9 Å². The van der Waals surface area contributed by atoms with E-state index in [-0.39, 0.29) is 18.1 Å². The van der Waals surface area contributed by atoms with E-state index in [1.54, 1.807) is 24.3 Å². The lowest BCUT2D eigenvalue weighted by atomic mass is 10.1. The maximum Gasteiger partial charge on any atom is 0.283 e. The number of hydrogen-bond acceptors (Lipinski definition) is 6. The van der Waals surface area contributed by atoms with Crippen molar-refractivity contribution in [1.29, 1.82) is 0 Å². The molecule has 1 aliphatic rings. The van der Waals surface area contributed by atoms with Gasteiger partial charge in [0.05, 0.1) is 21.3 Å². The molecular formula is C17H13NO4S2. The van der Waals surface area contributed by atoms with Gasteiger partial charge in [0.25, 0.3) is 5.69 Å². The van der Waals surface area contributed by atoms with Gasteiger partial charge in [0.1, 0.15) is 0 Å². The molecule has 2 aromatic carbocycles. The fourth-order valence-corrected chi connectivity index (χ4v) is 4.14. The molecule has 0 radical (unpaired) electrons. The molecule has 0 atom stereocenters. The predicted molar refractivity (Wildman–Crippen MR) is 95.5 cm³/mol. The zero-order valence-electron chi connectivity index (χ0n) is 12.5. The highest BCUT2D eigenvalue weighted by Gasteiger charge is 2.25. The Morgan fingerprint density at radius 2 is 2.04 bits per heavy atom. The van der Waals surface area contributed by atoms with Crippen LogP contribution in [0.2, 0.25) is 0 Å². The average molecular weight is 359 g/mol. The summed E-state index contributed by atoms with van der Waals surface area (Å²) in [5, 5.41) is 20.1. The normalized spacial score (nSPS) is 14.9. The molecule has 1 aliphatic heterocycles. The van der Waals surface area contributed by atoms with E-state index in [2.05, 4.69) is 0 Å². The predicted octanol–water partition coefficient (Wildman–Crippen LogP) is 4.01. The molecule has 1 N–H and O–H groups in total. The first-order valence-corrected chi connectivity index (χ1v) is 8.95. The fraction of sp³-hybridized carbons (Fsp3) is 0.118. The molecular weight excluding hydrogens is 346 g/mol. The summed E-state index contributed by atoms with van der Waals surface area (Å²) < 4.78 is 0. The second-order valence-corrected chi connectivity index (χ2v) is 7.21. The Morgan fingerprint density at radius 3 is 2.75 bits per heavy atom. The van der Waals surface area contributed by atoms with E-state index in [9.17, 15) is 14.9 Å². The highest BCUT2D eigenvalue weighted by Crippen LogP contribution is 2.41. The summed E-state index contributed by atoms with van der Waals surface area (Å²) in [5.74, 6) is 0.335. The molecule has 2 aromatic rings. The Balaban J connectivity index is 1.92. The van der Waals surface area contributed by atoms with Gasteiger partial charge in [-0.1, -0.05) is 30.0 Å². The minimum absolute atomic E-state index is 0.0178. The van der Waals surface area contributed by atoms with Gasteiger partial charge in [-0.25, -0.2) is 0 Å². The molecule has 0 aromatic heterocycles. The van der Waals surface area contributed by atoms with Crippen molar-refractivity contribution in [2.75, 3.05) is 12.4 Å². The average Bonchev–Trinajstić information content (AvgIpc) is 2.90. The minimum Gasteiger partial charge on any atom is -0.396 e. The van der Waals surface area contributed by atoms with Crippen LogP contribution in [0.3, 0.4) is 0 Å². The van der Waals surface area contributed by atoms with Gasteiger partial charge >= 0.3 is 0 Å². The molecule has 0 fully saturated rings. The first-order valence-electron chi connectivity index (χ1n) is 7.15. The van der Waals surface area contributed by atoms with Crippen molar-refractivity contribution >= 4 is 41.1 Å². The molecule has 0 saturated heterocycles. The number of aliphatic hydroxyl groups excluding tert-OH is 1. The lowest BCUT2D eigenvalue weighted by molar-refractivity contribution is -0.387. The lowest BCUT2D eigenvalue weighted by Crippen LogP contribution is -1.95. The summed E-state index contributed by atoms with van der Waals surface area (Å²) in [6.07, 6.45) is 1.68. The van der Waals surface area contributed by atoms with E-state index in [4.69, 9.17) is 5.11 Å². The molecule has 1 heterocycles. The van der Waals surface area contributed by atoms with E-state index in [1.807, 2.05) is 18.2 Å². The smallest absolute Gasteiger partial charge is 0.283 e. The van der Waals surface area contributed by atoms with E-state index >= 15 is 0 Å². The molecule has 122 valence electrons. The first kappa shape index (κ1) is 16.8. The molecule has 0 spiro atoms. The summed E-state index contributed by atoms with van der Waals surface area (Å²) in [7, 11) is 0. The van der Waals surface area contributed by atoms with Crippen LogP contribution in [0.4, 0.5) is 5.69 Å². The van der Waals surface area contributed by atoms with E-state index in [1.165, 1.54) is 29.6 Å². The van der Waals surface area contributed by atoms with Crippen LogP contribution in [0.25, 0.3) is 6.08 Å². The van der Waals surface area contributed by atoms with Gasteiger partial charge in [-0.2, -0.15) is 0 Å². The molecule has 0 saturated carbocycles. The van der Waals surface area contributed by atoms with Gasteiger partial charge in [0, 0.05) is 22.3 Å². The van der Waals surface area contributed by atoms with Crippen molar-refractivity contribution in [3.8, 4) is 0 Å². The zero-order valence-corrected chi connectivity index (χ0v) is 14.1. The lowest BCUT2D eigenvalue weighted by Gasteiger charge is -2.03. The van der Waals surface area contributed by atoms with Crippen LogP contribution in [0.15, 0.2) is 57.2 Å². The van der Waals surface area contributed by atoms with E-state index in [0.29, 0.717) is 26.7 Å². The number of ketones is 1. The first-order chi connectivity index (χ1) is 11.6. The number of benzene rings is 2. The number of carbonyl (C=O) groups is 1. The summed E-state index contributed by atoms with van der Waals surface area (Å²) in [6.45, 7) is -0.0446. The standard InChI is InChI=1S/C17H13NO4S2/c19-7-8-23-15-6-5-11(9-13(15)18(21)22)10-16-17(20)12-3-1-2-4-14(12)24-16/h1-6,9-10,19H,7-8H2/b16-10+. The summed E-state index contributed by atoms with van der Waals surface area (Å²) in [4.78, 5) is 25.1. The fourth-order valence-electron chi connectivity index (χ4n) is 2.33. The Kier molecular flexibility index (Phi) is 5.03. The number of nitrogens with zero attached hydrogens (tertiary/aromatic N) is 1. The third-order valence-electron chi connectivity index (χ3n) is 3.40. The van der Waals surface area contributed by atoms with Crippen LogP contribution in [0, 0.1) is 10.1 Å². The number of Topliss-reactive ketones (excluding diaryl/α,β-unsaturated/α-hetero) is 1. The monoisotopic (exact) mass is 359 g/mol. The maximum absolute atomic E-state index is 12.4. The second kappa shape index (κ2) is 7.21. The number of nitro groups is 1. The third kappa shape index (κ3) is 3.38. The van der Waals surface area contributed by atoms with Gasteiger partial charge < -0.3 is 5.11 Å². The molecule has 0 bridgehead atoms. The maximum atomic E-state index is 12.4. The Labute approximate surface area is 146 Å². The Morgan fingerprint density at radius 1 is 1.25 bits per heavy atom. The third-order valence-corrected chi connectivity index (χ3v) is 5.54. The van der Waals surface area contributed by atoms with Gasteiger partial charge in [-0.3, -0.25) is 14.9 Å². The van der Waals surface area contributed by atoms with Crippen LogP contribution in [-0.2, 0) is 0 Å². The molecule has 0 aliphatic carbocycles. The quantitative estimate of drug-likeness (QED) is 0.376. The number of thioether (sulfide) groups is 2. The van der Waals surface area contributed by atoms with Gasteiger partial charge in [-0.15, -0.1) is 11.8 Å². The van der Waals surface area contributed by atoms with Crippen LogP contribution < -0.4 is 0 Å². The molecule has 3 rings (SSSR count). The van der Waals surface area contributed by atoms with Crippen molar-refractivity contribution in [3.63, 3.8) is 0 Å². The SMILES string of the molecule is O=C1/C(=C\c2ccc(SCCO)c([N+](=O)[O-])c2)Sc2ccccc21. The van der Waals surface area contributed by atoms with Crippen molar-refractivity contribution in [2.45, 2.75) is 9.79 Å². The van der Waals surface area contributed by atoms with Gasteiger partial charge in [0.15, 0.2) is 0 Å². The van der Waals surface area contributed by atoms with E-state index < -0.39 is 4.92 Å². The number of rotatable bonds is 5. The number of allylic oxidation sites excluding steroid dienone is 1. The minimum atomic E-state index is -0.444. The van der Waals surface area contributed by atoms with Crippen LogP contribution >= 0.6 is 23.5 Å². The van der Waals surface area contributed by atoms with Crippen molar-refractivity contribution in [2.24, 2.45) is 0 Å². The highest BCUT2D eigenvalue weighted by atomic mass is 32.2. The largest absolute Gasteiger partial charge is 0.396 e. The number of aliphatic hydroxyl groups is 1. The number of fused-ring (bicyclic) bond motifs is 1. The zero-order chi connectivity index (χ0) is 17.1. The van der Waals surface area contributed by atoms with Crippen LogP contribution in [0.5, 0.6) is 0 Å². The van der Waals surface area contributed by atoms with Gasteiger partial charge in [-0.05, 0) is 29.8 Å². The molecule has 24 heavy (non-hydrogen) atoms.